The van der Waals surface area contributed by atoms with E-state index >= 15 is 0 Å². The highest BCUT2D eigenvalue weighted by Crippen LogP contribution is 2.38. The Morgan fingerprint density at radius 1 is 1.11 bits per heavy atom. The first kappa shape index (κ1) is 18.1. The lowest BCUT2D eigenvalue weighted by Gasteiger charge is -2.34. The van der Waals surface area contributed by atoms with Gasteiger partial charge in [0.25, 0.3) is 5.91 Å². The van der Waals surface area contributed by atoms with Crippen LogP contribution in [0.3, 0.4) is 0 Å². The van der Waals surface area contributed by atoms with Gasteiger partial charge in [0.15, 0.2) is 10.9 Å². The third kappa shape index (κ3) is 3.47. The summed E-state index contributed by atoms with van der Waals surface area (Å²) in [5, 5.41) is 1.50. The molecule has 2 aromatic carbocycles. The minimum absolute atomic E-state index is 0.0902. The van der Waals surface area contributed by atoms with Crippen molar-refractivity contribution in [3.63, 3.8) is 0 Å². The molecule has 0 atom stereocenters. The van der Waals surface area contributed by atoms with E-state index in [-0.39, 0.29) is 5.91 Å². The molecule has 1 saturated heterocycles. The zero-order chi connectivity index (χ0) is 19.0. The van der Waals surface area contributed by atoms with Gasteiger partial charge < -0.3 is 14.5 Å². The van der Waals surface area contributed by atoms with Gasteiger partial charge >= 0.3 is 0 Å². The van der Waals surface area contributed by atoms with Gasteiger partial charge in [-0.2, -0.15) is 0 Å². The number of ether oxygens (including phenoxy) is 1. The predicted molar refractivity (Wildman–Crippen MR) is 110 cm³/mol. The second kappa shape index (κ2) is 7.37. The van der Waals surface area contributed by atoms with Gasteiger partial charge in [-0.3, -0.25) is 4.79 Å². The third-order valence-electron chi connectivity index (χ3n) is 4.80. The molecule has 0 bridgehead atoms. The maximum atomic E-state index is 12.7. The molecule has 27 heavy (non-hydrogen) atoms. The van der Waals surface area contributed by atoms with Crippen LogP contribution in [0.4, 0.5) is 5.13 Å². The normalized spacial score (nSPS) is 14.6. The third-order valence-corrected chi connectivity index (χ3v) is 6.17. The monoisotopic (exact) mass is 401 g/mol. The summed E-state index contributed by atoms with van der Waals surface area (Å²) in [7, 11) is 1.61. The molecule has 0 spiro atoms. The quantitative estimate of drug-likeness (QED) is 0.658. The lowest BCUT2D eigenvalue weighted by Crippen LogP contribution is -2.48. The van der Waals surface area contributed by atoms with Gasteiger partial charge in [0.2, 0.25) is 0 Å². The Bertz CT molecular complexity index is 979. The van der Waals surface area contributed by atoms with Crippen LogP contribution >= 0.6 is 22.9 Å². The molecule has 7 heteroatoms. The molecular weight excluding hydrogens is 382 g/mol. The molecule has 0 saturated carbocycles. The average molecular weight is 402 g/mol. The predicted octanol–water partition coefficient (Wildman–Crippen LogP) is 4.23. The summed E-state index contributed by atoms with van der Waals surface area (Å²) in [5.74, 6) is 0.706. The van der Waals surface area contributed by atoms with Crippen LogP contribution in [-0.4, -0.2) is 49.1 Å². The number of nitrogens with zero attached hydrogens (tertiary/aromatic N) is 3. The van der Waals surface area contributed by atoms with Gasteiger partial charge in [-0.05, 0) is 31.2 Å². The molecule has 1 aromatic heterocycles. The number of hydrogen-bond donors (Lipinski definition) is 0. The molecule has 1 aliphatic rings. The number of piperazine rings is 1. The number of aryl methyl sites for hydroxylation is 1. The van der Waals surface area contributed by atoms with Gasteiger partial charge in [0.1, 0.15) is 5.52 Å². The number of aromatic nitrogens is 1. The van der Waals surface area contributed by atoms with Crippen LogP contribution in [0.25, 0.3) is 10.2 Å². The maximum absolute atomic E-state index is 12.7. The number of fused-ring (bicyclic) bond motifs is 1. The minimum Gasteiger partial charge on any atom is -0.493 e. The van der Waals surface area contributed by atoms with Crippen molar-refractivity contribution < 1.29 is 9.53 Å². The highest BCUT2D eigenvalue weighted by atomic mass is 35.5. The molecule has 2 heterocycles. The summed E-state index contributed by atoms with van der Waals surface area (Å²) in [4.78, 5) is 21.5. The van der Waals surface area contributed by atoms with Gasteiger partial charge in [-0.1, -0.05) is 40.6 Å². The Balaban J connectivity index is 1.48. The zero-order valence-electron chi connectivity index (χ0n) is 15.2. The van der Waals surface area contributed by atoms with Crippen molar-refractivity contribution in [2.24, 2.45) is 0 Å². The van der Waals surface area contributed by atoms with Gasteiger partial charge in [-0.25, -0.2) is 4.98 Å². The van der Waals surface area contributed by atoms with Crippen LogP contribution in [-0.2, 0) is 0 Å². The van der Waals surface area contributed by atoms with Crippen LogP contribution < -0.4 is 9.64 Å². The highest BCUT2D eigenvalue weighted by molar-refractivity contribution is 7.22. The van der Waals surface area contributed by atoms with Crippen molar-refractivity contribution in [2.75, 3.05) is 38.2 Å². The van der Waals surface area contributed by atoms with E-state index in [1.165, 1.54) is 0 Å². The number of benzene rings is 2. The number of amides is 1. The second-order valence-corrected chi connectivity index (χ2v) is 7.99. The van der Waals surface area contributed by atoms with E-state index < -0.39 is 0 Å². The van der Waals surface area contributed by atoms with E-state index in [2.05, 4.69) is 4.90 Å². The molecule has 4 rings (SSSR count). The Morgan fingerprint density at radius 3 is 2.48 bits per heavy atom. The molecule has 1 fully saturated rings. The molecular formula is C20H20ClN3O2S. The number of hydrogen-bond acceptors (Lipinski definition) is 5. The first-order valence-electron chi connectivity index (χ1n) is 8.81. The number of thiazole rings is 1. The van der Waals surface area contributed by atoms with E-state index in [9.17, 15) is 4.79 Å². The Kier molecular flexibility index (Phi) is 4.93. The van der Waals surface area contributed by atoms with Crippen molar-refractivity contribution in [3.05, 3.63) is 52.5 Å². The van der Waals surface area contributed by atoms with E-state index in [0.29, 0.717) is 23.9 Å². The van der Waals surface area contributed by atoms with Gasteiger partial charge in [-0.15, -0.1) is 0 Å². The van der Waals surface area contributed by atoms with Crippen LogP contribution in [0, 0.1) is 6.92 Å². The van der Waals surface area contributed by atoms with E-state index in [0.717, 1.165) is 39.6 Å². The van der Waals surface area contributed by atoms with Crippen molar-refractivity contribution in [3.8, 4) is 5.75 Å². The first-order valence-corrected chi connectivity index (χ1v) is 10.00. The molecule has 1 amide bonds. The summed E-state index contributed by atoms with van der Waals surface area (Å²) < 4.78 is 6.45. The molecule has 0 radical (unpaired) electrons. The Morgan fingerprint density at radius 2 is 1.81 bits per heavy atom. The molecule has 0 aliphatic carbocycles. The first-order chi connectivity index (χ1) is 13.1. The smallest absolute Gasteiger partial charge is 0.253 e. The molecule has 0 unspecified atom stereocenters. The standard InChI is InChI=1S/C20H20ClN3O2S/c1-13-3-5-14(6-4-13)19(25)23-9-11-24(12-10-23)20-22-17-16(27-20)8-7-15(21)18(17)26-2/h3-8H,9-12H2,1-2H3. The zero-order valence-corrected chi connectivity index (χ0v) is 16.8. The van der Waals surface area contributed by atoms with Gasteiger partial charge in [0, 0.05) is 31.7 Å². The number of carbonyl (C=O) groups is 1. The van der Waals surface area contributed by atoms with Crippen LogP contribution in [0.1, 0.15) is 15.9 Å². The fourth-order valence-electron chi connectivity index (χ4n) is 3.24. The number of methoxy groups -OCH3 is 1. The topological polar surface area (TPSA) is 45.7 Å². The summed E-state index contributed by atoms with van der Waals surface area (Å²) in [6.07, 6.45) is 0. The minimum atomic E-state index is 0.0902. The maximum Gasteiger partial charge on any atom is 0.253 e. The van der Waals surface area contributed by atoms with Crippen molar-refractivity contribution in [1.82, 2.24) is 9.88 Å². The number of anilines is 1. The van der Waals surface area contributed by atoms with E-state index in [4.69, 9.17) is 21.3 Å². The van der Waals surface area contributed by atoms with Crippen molar-refractivity contribution in [2.45, 2.75) is 6.92 Å². The Hall–Kier alpha value is -2.31. The van der Waals surface area contributed by atoms with Crippen LogP contribution in [0.5, 0.6) is 5.75 Å². The van der Waals surface area contributed by atoms with Crippen molar-refractivity contribution in [1.29, 1.82) is 0 Å². The fraction of sp³-hybridized carbons (Fsp3) is 0.300. The highest BCUT2D eigenvalue weighted by Gasteiger charge is 2.24. The second-order valence-electron chi connectivity index (χ2n) is 6.57. The summed E-state index contributed by atoms with van der Waals surface area (Å²) in [6, 6.07) is 11.6. The molecule has 3 aromatic rings. The number of halogens is 1. The molecule has 5 nitrogen and oxygen atoms in total. The van der Waals surface area contributed by atoms with Crippen LogP contribution in [0.2, 0.25) is 5.02 Å². The lowest BCUT2D eigenvalue weighted by atomic mass is 10.1. The number of carbonyl (C=O) groups excluding carboxylic acids is 1. The van der Waals surface area contributed by atoms with Crippen molar-refractivity contribution >= 4 is 44.2 Å². The summed E-state index contributed by atoms with van der Waals surface area (Å²) in [6.45, 7) is 4.90. The molecule has 1 aliphatic heterocycles. The fourth-order valence-corrected chi connectivity index (χ4v) is 4.49. The lowest BCUT2D eigenvalue weighted by molar-refractivity contribution is 0.0747. The SMILES string of the molecule is COc1c(Cl)ccc2sc(N3CCN(C(=O)c4ccc(C)cc4)CC3)nc12. The van der Waals surface area contributed by atoms with E-state index in [1.807, 2.05) is 48.2 Å². The van der Waals surface area contributed by atoms with E-state index in [1.54, 1.807) is 18.4 Å². The van der Waals surface area contributed by atoms with Crippen LogP contribution in [0.15, 0.2) is 36.4 Å². The molecule has 140 valence electrons. The molecule has 0 N–H and O–H groups in total. The largest absolute Gasteiger partial charge is 0.493 e. The average Bonchev–Trinajstić information content (AvgIpc) is 3.12. The van der Waals surface area contributed by atoms with Gasteiger partial charge in [0.05, 0.1) is 16.8 Å². The number of rotatable bonds is 3. The summed E-state index contributed by atoms with van der Waals surface area (Å²) >= 11 is 7.82. The Labute approximate surface area is 167 Å². The summed E-state index contributed by atoms with van der Waals surface area (Å²) in [5.41, 5.74) is 2.69.